The number of hydrogen-bond acceptors (Lipinski definition) is 7. The maximum atomic E-state index is 13.6. The zero-order chi connectivity index (χ0) is 38.2. The number of carboxylic acid groups (broad SMARTS) is 1. The fourth-order valence-corrected chi connectivity index (χ4v) is 8.06. The molecule has 10 nitrogen and oxygen atoms in total. The number of aliphatic carboxylic acids is 1. The van der Waals surface area contributed by atoms with Gasteiger partial charge in [0.15, 0.2) is 0 Å². The van der Waals surface area contributed by atoms with E-state index in [-0.39, 0.29) is 0 Å². The van der Waals surface area contributed by atoms with Crippen LogP contribution < -0.4 is 9.64 Å². The van der Waals surface area contributed by atoms with Crippen LogP contribution in [0.4, 0.5) is 5.69 Å². The predicted octanol–water partition coefficient (Wildman–Crippen LogP) is 8.90. The van der Waals surface area contributed by atoms with Crippen LogP contribution in [0.5, 0.6) is 5.75 Å². The minimum Gasteiger partial charge on any atom is -0.491 e. The highest BCUT2D eigenvalue weighted by Crippen LogP contribution is 2.36. The van der Waals surface area contributed by atoms with E-state index in [1.807, 2.05) is 43.6 Å². The third-order valence-electron chi connectivity index (χ3n) is 9.97. The SMILES string of the molecule is CCCCOCCOc1ccc(-c2ccc3c(c2)/C=C(/c2nc4ccc(S(=O)Cc5c(C)ncn5CCC)cc4[nH]2)CCCN3CC(C)(C)C(=O)O)cc1. The largest absolute Gasteiger partial charge is 0.491 e. The molecule has 11 heteroatoms. The molecule has 5 aromatic rings. The number of H-pyrrole nitrogens is 1. The number of benzene rings is 3. The van der Waals surface area contributed by atoms with Crippen LogP contribution in [0.15, 0.2) is 71.9 Å². The highest BCUT2D eigenvalue weighted by molar-refractivity contribution is 7.84. The van der Waals surface area contributed by atoms with Crippen molar-refractivity contribution in [2.24, 2.45) is 5.41 Å². The number of rotatable bonds is 17. The molecule has 1 aliphatic heterocycles. The summed E-state index contributed by atoms with van der Waals surface area (Å²) >= 11 is 0. The summed E-state index contributed by atoms with van der Waals surface area (Å²) in [6.45, 7) is 13.6. The molecule has 1 atom stereocenters. The van der Waals surface area contributed by atoms with Gasteiger partial charge in [-0.15, -0.1) is 0 Å². The summed E-state index contributed by atoms with van der Waals surface area (Å²) in [6, 6.07) is 20.3. The monoisotopic (exact) mass is 751 g/mol. The molecule has 1 aliphatic rings. The van der Waals surface area contributed by atoms with E-state index in [9.17, 15) is 14.1 Å². The van der Waals surface area contributed by atoms with Crippen molar-refractivity contribution in [1.29, 1.82) is 0 Å². The van der Waals surface area contributed by atoms with Crippen LogP contribution in [0.25, 0.3) is 33.8 Å². The number of imidazole rings is 2. The lowest BCUT2D eigenvalue weighted by Crippen LogP contribution is -2.40. The number of nitrogens with zero attached hydrogens (tertiary/aromatic N) is 4. The van der Waals surface area contributed by atoms with E-state index >= 15 is 0 Å². The Morgan fingerprint density at radius 2 is 1.80 bits per heavy atom. The minimum atomic E-state index is -1.25. The van der Waals surface area contributed by atoms with Crippen molar-refractivity contribution in [3.05, 3.63) is 89.8 Å². The van der Waals surface area contributed by atoms with E-state index in [1.165, 1.54) is 0 Å². The lowest BCUT2D eigenvalue weighted by Gasteiger charge is -2.34. The number of hydrogen-bond donors (Lipinski definition) is 2. The lowest BCUT2D eigenvalue weighted by atomic mass is 9.91. The Kier molecular flexibility index (Phi) is 12.7. The number of nitrogens with one attached hydrogen (secondary N) is 1. The summed E-state index contributed by atoms with van der Waals surface area (Å²) in [5.74, 6) is 1.16. The van der Waals surface area contributed by atoms with Gasteiger partial charge >= 0.3 is 5.97 Å². The Morgan fingerprint density at radius 1 is 1.00 bits per heavy atom. The van der Waals surface area contributed by atoms with Crippen molar-refractivity contribution in [1.82, 2.24) is 19.5 Å². The summed E-state index contributed by atoms with van der Waals surface area (Å²) in [7, 11) is -1.25. The fourth-order valence-electron chi connectivity index (χ4n) is 6.80. The third-order valence-corrected chi connectivity index (χ3v) is 11.3. The number of carboxylic acids is 1. The topological polar surface area (TPSA) is 123 Å². The molecule has 0 spiro atoms. The van der Waals surface area contributed by atoms with Gasteiger partial charge in [-0.25, -0.2) is 9.97 Å². The standard InChI is InChI=1S/C43H53N5O5S/c1-6-8-21-52-22-23-53-35-14-11-31(12-15-35)32-13-18-39-34(24-32)25-33(10-9-20-47(39)28-43(4,5)42(49)50)41-45-37-17-16-36(26-38(37)46-41)54(51)27-40-30(3)44-29-48(40)19-7-2/h11-18,24-26,29H,6-10,19-23,27-28H2,1-5H3,(H,45,46)(H,49,50)/b33-25+. The second-order valence-electron chi connectivity index (χ2n) is 14.7. The van der Waals surface area contributed by atoms with E-state index < -0.39 is 22.2 Å². The number of anilines is 1. The lowest BCUT2D eigenvalue weighted by molar-refractivity contribution is -0.146. The zero-order valence-corrected chi connectivity index (χ0v) is 33.0. The summed E-state index contributed by atoms with van der Waals surface area (Å²) < 4.78 is 27.2. The minimum absolute atomic E-state index is 0.384. The number of ether oxygens (including phenoxy) is 2. The molecule has 0 bridgehead atoms. The molecule has 0 saturated carbocycles. The average molecular weight is 752 g/mol. The van der Waals surface area contributed by atoms with Gasteiger partial charge in [-0.3, -0.25) is 9.00 Å². The van der Waals surface area contributed by atoms with E-state index in [2.05, 4.69) is 69.7 Å². The summed E-state index contributed by atoms with van der Waals surface area (Å²) in [6.07, 6.45) is 8.74. The van der Waals surface area contributed by atoms with Gasteiger partial charge in [0.1, 0.15) is 18.2 Å². The van der Waals surface area contributed by atoms with Crippen LogP contribution in [-0.2, 0) is 32.6 Å². The van der Waals surface area contributed by atoms with Gasteiger partial charge in [0, 0.05) is 36.8 Å². The molecule has 0 fully saturated rings. The zero-order valence-electron chi connectivity index (χ0n) is 32.2. The van der Waals surface area contributed by atoms with Crippen molar-refractivity contribution in [3.8, 4) is 16.9 Å². The number of aromatic nitrogens is 4. The molecule has 2 aromatic heterocycles. The molecule has 0 aliphatic carbocycles. The van der Waals surface area contributed by atoms with Gasteiger partial charge < -0.3 is 29.0 Å². The quantitative estimate of drug-likeness (QED) is 0.0904. The number of allylic oxidation sites excluding steroid dienone is 1. The van der Waals surface area contributed by atoms with E-state index in [1.54, 1.807) is 13.8 Å². The Hall–Kier alpha value is -4.74. The van der Waals surface area contributed by atoms with Gasteiger partial charge in [0.05, 0.1) is 57.3 Å². The molecule has 1 unspecified atom stereocenters. The summed E-state index contributed by atoms with van der Waals surface area (Å²) in [5.41, 5.74) is 7.79. The number of aromatic amines is 1. The number of fused-ring (bicyclic) bond motifs is 2. The van der Waals surface area contributed by atoms with Crippen LogP contribution in [0.3, 0.4) is 0 Å². The molecule has 0 radical (unpaired) electrons. The number of aryl methyl sites for hydroxylation is 2. The van der Waals surface area contributed by atoms with Crippen LogP contribution in [-0.4, -0.2) is 67.7 Å². The first-order valence-corrected chi connectivity index (χ1v) is 20.4. The van der Waals surface area contributed by atoms with Crippen molar-refractivity contribution >= 4 is 45.1 Å². The first-order chi connectivity index (χ1) is 26.1. The average Bonchev–Trinajstić information content (AvgIpc) is 3.73. The molecular formula is C43H53N5O5S. The van der Waals surface area contributed by atoms with E-state index in [0.717, 1.165) is 112 Å². The second kappa shape index (κ2) is 17.6. The first kappa shape index (κ1) is 39.0. The molecule has 286 valence electrons. The predicted molar refractivity (Wildman–Crippen MR) is 217 cm³/mol. The van der Waals surface area contributed by atoms with Crippen LogP contribution in [0.1, 0.15) is 82.6 Å². The fraction of sp³-hybridized carbons (Fsp3) is 0.419. The molecule has 0 saturated heterocycles. The molecule has 3 aromatic carbocycles. The van der Waals surface area contributed by atoms with Gasteiger partial charge in [-0.2, -0.15) is 0 Å². The van der Waals surface area contributed by atoms with Crippen LogP contribution >= 0.6 is 0 Å². The third kappa shape index (κ3) is 9.30. The van der Waals surface area contributed by atoms with Gasteiger partial charge in [-0.1, -0.05) is 38.5 Å². The van der Waals surface area contributed by atoms with Gasteiger partial charge in [0.25, 0.3) is 0 Å². The normalized spacial score (nSPS) is 15.0. The Labute approximate surface area is 321 Å². The van der Waals surface area contributed by atoms with E-state index in [4.69, 9.17) is 14.5 Å². The molecular weight excluding hydrogens is 699 g/mol. The first-order valence-electron chi connectivity index (χ1n) is 19.1. The highest BCUT2D eigenvalue weighted by Gasteiger charge is 2.31. The number of unbranched alkanes of at least 4 members (excludes halogenated alkanes) is 1. The maximum Gasteiger partial charge on any atom is 0.310 e. The van der Waals surface area contributed by atoms with Crippen molar-refractivity contribution in [2.75, 3.05) is 37.8 Å². The Bertz CT molecular complexity index is 2120. The van der Waals surface area contributed by atoms with Gasteiger partial charge in [-0.05, 0) is 117 Å². The van der Waals surface area contributed by atoms with Crippen molar-refractivity contribution in [2.45, 2.75) is 83.9 Å². The molecule has 2 N–H and O–H groups in total. The second-order valence-corrected chi connectivity index (χ2v) is 16.2. The van der Waals surface area contributed by atoms with Gasteiger partial charge in [0.2, 0.25) is 0 Å². The van der Waals surface area contributed by atoms with Crippen LogP contribution in [0, 0.1) is 12.3 Å². The molecule has 54 heavy (non-hydrogen) atoms. The van der Waals surface area contributed by atoms with Crippen molar-refractivity contribution in [3.63, 3.8) is 0 Å². The van der Waals surface area contributed by atoms with Crippen molar-refractivity contribution < 1.29 is 23.6 Å². The summed E-state index contributed by atoms with van der Waals surface area (Å²) in [4.78, 5) is 28.1. The smallest absolute Gasteiger partial charge is 0.310 e. The highest BCUT2D eigenvalue weighted by atomic mass is 32.2. The molecule has 0 amide bonds. The molecule has 3 heterocycles. The molecule has 6 rings (SSSR count). The maximum absolute atomic E-state index is 13.6. The van der Waals surface area contributed by atoms with E-state index in [0.29, 0.717) is 32.1 Å². The Morgan fingerprint density at radius 3 is 2.56 bits per heavy atom. The number of carbonyl (C=O) groups is 1. The Balaban J connectivity index is 1.29. The van der Waals surface area contributed by atoms with Crippen LogP contribution in [0.2, 0.25) is 0 Å². The summed E-state index contributed by atoms with van der Waals surface area (Å²) in [5, 5.41) is 10.00.